The smallest absolute Gasteiger partial charge is 0.229 e. The Bertz CT molecular complexity index is 882. The molecular formula is C18H24N6O2S. The average molecular weight is 388 g/mol. The summed E-state index contributed by atoms with van der Waals surface area (Å²) in [6.45, 7) is 9.81. The highest BCUT2D eigenvalue weighted by Gasteiger charge is 2.42. The number of carbonyl (C=O) groups is 2. The SMILES string of the molecule is Cc1cc(C)n(C2CN(C(=O)C3CC(=O)N(c4nnc(C(C)C)s4)C3)C2)n1. The van der Waals surface area contributed by atoms with E-state index in [1.54, 1.807) is 4.90 Å². The third-order valence-corrected chi connectivity index (χ3v) is 6.44. The Labute approximate surface area is 162 Å². The molecule has 2 aliphatic heterocycles. The van der Waals surface area contributed by atoms with Crippen LogP contribution >= 0.6 is 11.3 Å². The van der Waals surface area contributed by atoms with Crippen LogP contribution in [0.25, 0.3) is 0 Å². The third kappa shape index (κ3) is 3.24. The van der Waals surface area contributed by atoms with Crippen molar-refractivity contribution < 1.29 is 9.59 Å². The fourth-order valence-corrected chi connectivity index (χ4v) is 4.56. The standard InChI is InChI=1S/C18H24N6O2S/c1-10(2)16-19-20-18(27-16)23-7-13(6-15(23)25)17(26)22-8-14(9-22)24-12(4)5-11(3)21-24/h5,10,13-14H,6-9H2,1-4H3. The minimum Gasteiger partial charge on any atom is -0.338 e. The molecule has 0 aromatic carbocycles. The maximum atomic E-state index is 12.8. The molecule has 0 radical (unpaired) electrons. The zero-order valence-corrected chi connectivity index (χ0v) is 16.9. The number of aryl methyl sites for hydroxylation is 2. The lowest BCUT2D eigenvalue weighted by atomic mass is 10.0. The molecule has 0 bridgehead atoms. The lowest BCUT2D eigenvalue weighted by Gasteiger charge is -2.40. The Kier molecular flexibility index (Phi) is 4.49. The van der Waals surface area contributed by atoms with Gasteiger partial charge < -0.3 is 4.90 Å². The van der Waals surface area contributed by atoms with Crippen molar-refractivity contribution in [2.24, 2.45) is 5.92 Å². The molecule has 144 valence electrons. The van der Waals surface area contributed by atoms with Crippen molar-refractivity contribution in [3.8, 4) is 0 Å². The van der Waals surface area contributed by atoms with E-state index in [1.807, 2.05) is 43.3 Å². The van der Waals surface area contributed by atoms with E-state index in [4.69, 9.17) is 0 Å². The molecule has 2 aliphatic rings. The molecule has 2 amide bonds. The third-order valence-electron chi connectivity index (χ3n) is 5.19. The van der Waals surface area contributed by atoms with E-state index in [0.29, 0.717) is 24.8 Å². The number of nitrogens with zero attached hydrogens (tertiary/aromatic N) is 6. The number of rotatable bonds is 4. The molecule has 0 spiro atoms. The summed E-state index contributed by atoms with van der Waals surface area (Å²) in [7, 11) is 0. The number of hydrogen-bond acceptors (Lipinski definition) is 6. The Hall–Kier alpha value is -2.29. The van der Waals surface area contributed by atoms with Gasteiger partial charge in [-0.2, -0.15) is 5.10 Å². The fourth-order valence-electron chi connectivity index (χ4n) is 3.69. The summed E-state index contributed by atoms with van der Waals surface area (Å²) < 4.78 is 2.00. The van der Waals surface area contributed by atoms with Gasteiger partial charge in [-0.1, -0.05) is 25.2 Å². The molecule has 4 heterocycles. The number of likely N-dealkylation sites (tertiary alicyclic amines) is 1. The van der Waals surface area contributed by atoms with Gasteiger partial charge in [-0.3, -0.25) is 19.2 Å². The molecule has 0 saturated carbocycles. The van der Waals surface area contributed by atoms with E-state index in [9.17, 15) is 9.59 Å². The van der Waals surface area contributed by atoms with E-state index >= 15 is 0 Å². The van der Waals surface area contributed by atoms with Crippen molar-refractivity contribution in [2.45, 2.75) is 46.1 Å². The van der Waals surface area contributed by atoms with E-state index in [0.717, 1.165) is 16.4 Å². The van der Waals surface area contributed by atoms with Crippen LogP contribution in [0.4, 0.5) is 5.13 Å². The minimum atomic E-state index is -0.301. The Balaban J connectivity index is 1.38. The van der Waals surface area contributed by atoms with E-state index in [1.165, 1.54) is 11.3 Å². The number of amides is 2. The van der Waals surface area contributed by atoms with E-state index < -0.39 is 0 Å². The van der Waals surface area contributed by atoms with Crippen molar-refractivity contribution in [1.29, 1.82) is 0 Å². The average Bonchev–Trinajstić information content (AvgIpc) is 3.25. The first kappa shape index (κ1) is 18.1. The molecule has 0 aliphatic carbocycles. The maximum absolute atomic E-state index is 12.8. The minimum absolute atomic E-state index is 0.0459. The van der Waals surface area contributed by atoms with Gasteiger partial charge in [0.1, 0.15) is 5.01 Å². The highest BCUT2D eigenvalue weighted by atomic mass is 32.1. The molecule has 2 fully saturated rings. The summed E-state index contributed by atoms with van der Waals surface area (Å²) in [4.78, 5) is 28.7. The summed E-state index contributed by atoms with van der Waals surface area (Å²) in [6.07, 6.45) is 0.247. The van der Waals surface area contributed by atoms with Crippen LogP contribution in [0.1, 0.15) is 48.6 Å². The molecule has 8 nitrogen and oxygen atoms in total. The van der Waals surface area contributed by atoms with Gasteiger partial charge >= 0.3 is 0 Å². The van der Waals surface area contributed by atoms with Crippen LogP contribution in [0.5, 0.6) is 0 Å². The maximum Gasteiger partial charge on any atom is 0.229 e. The molecule has 0 N–H and O–H groups in total. The molecule has 1 atom stereocenters. The second-order valence-corrected chi connectivity index (χ2v) is 8.74. The Morgan fingerprint density at radius 2 is 1.96 bits per heavy atom. The molecule has 1 unspecified atom stereocenters. The van der Waals surface area contributed by atoms with Crippen LogP contribution in [0.3, 0.4) is 0 Å². The fraction of sp³-hybridized carbons (Fsp3) is 0.611. The largest absolute Gasteiger partial charge is 0.338 e. The van der Waals surface area contributed by atoms with Crippen LogP contribution in [0.15, 0.2) is 6.07 Å². The lowest BCUT2D eigenvalue weighted by molar-refractivity contribution is -0.141. The van der Waals surface area contributed by atoms with Crippen molar-refractivity contribution in [3.05, 3.63) is 22.5 Å². The summed E-state index contributed by atoms with van der Waals surface area (Å²) in [5.74, 6) is -0.0169. The van der Waals surface area contributed by atoms with Crippen LogP contribution in [-0.2, 0) is 9.59 Å². The van der Waals surface area contributed by atoms with Gasteiger partial charge in [0.2, 0.25) is 16.9 Å². The van der Waals surface area contributed by atoms with Gasteiger partial charge in [-0.15, -0.1) is 10.2 Å². The first-order valence-electron chi connectivity index (χ1n) is 9.28. The highest BCUT2D eigenvalue weighted by molar-refractivity contribution is 7.15. The quantitative estimate of drug-likeness (QED) is 0.799. The van der Waals surface area contributed by atoms with Gasteiger partial charge in [0.05, 0.1) is 17.7 Å². The topological polar surface area (TPSA) is 84.2 Å². The van der Waals surface area contributed by atoms with Gasteiger partial charge in [0.25, 0.3) is 0 Å². The van der Waals surface area contributed by atoms with Crippen LogP contribution < -0.4 is 4.90 Å². The lowest BCUT2D eigenvalue weighted by Crippen LogP contribution is -2.53. The first-order chi connectivity index (χ1) is 12.8. The zero-order chi connectivity index (χ0) is 19.3. The number of carbonyl (C=O) groups excluding carboxylic acids is 2. The Morgan fingerprint density at radius 3 is 2.56 bits per heavy atom. The predicted octanol–water partition coefficient (Wildman–Crippen LogP) is 1.91. The molecule has 27 heavy (non-hydrogen) atoms. The zero-order valence-electron chi connectivity index (χ0n) is 16.0. The van der Waals surface area contributed by atoms with Crippen molar-refractivity contribution in [2.75, 3.05) is 24.5 Å². The molecule has 4 rings (SSSR count). The molecule has 9 heteroatoms. The van der Waals surface area contributed by atoms with Crippen molar-refractivity contribution in [1.82, 2.24) is 24.9 Å². The number of aromatic nitrogens is 4. The van der Waals surface area contributed by atoms with Crippen LogP contribution in [0, 0.1) is 19.8 Å². The predicted molar refractivity (Wildman–Crippen MR) is 102 cm³/mol. The molecule has 2 saturated heterocycles. The van der Waals surface area contributed by atoms with Crippen LogP contribution in [0.2, 0.25) is 0 Å². The molecule has 2 aromatic rings. The van der Waals surface area contributed by atoms with Gasteiger partial charge in [0, 0.05) is 37.7 Å². The van der Waals surface area contributed by atoms with Crippen LogP contribution in [-0.4, -0.2) is 56.3 Å². The summed E-state index contributed by atoms with van der Waals surface area (Å²) in [5, 5.41) is 14.3. The van der Waals surface area contributed by atoms with Crippen molar-refractivity contribution >= 4 is 28.3 Å². The second kappa shape index (κ2) is 6.70. The van der Waals surface area contributed by atoms with E-state index in [2.05, 4.69) is 15.3 Å². The van der Waals surface area contributed by atoms with Gasteiger partial charge in [-0.05, 0) is 19.9 Å². The second-order valence-electron chi connectivity index (χ2n) is 7.75. The molecular weight excluding hydrogens is 364 g/mol. The normalized spacial score (nSPS) is 20.6. The molecule has 2 aromatic heterocycles. The number of anilines is 1. The Morgan fingerprint density at radius 1 is 1.22 bits per heavy atom. The number of hydrogen-bond donors (Lipinski definition) is 0. The van der Waals surface area contributed by atoms with Gasteiger partial charge in [0.15, 0.2) is 0 Å². The van der Waals surface area contributed by atoms with Crippen molar-refractivity contribution in [3.63, 3.8) is 0 Å². The summed E-state index contributed by atoms with van der Waals surface area (Å²) in [5.41, 5.74) is 2.11. The highest BCUT2D eigenvalue weighted by Crippen LogP contribution is 2.32. The first-order valence-corrected chi connectivity index (χ1v) is 10.1. The summed E-state index contributed by atoms with van der Waals surface area (Å²) >= 11 is 1.43. The summed E-state index contributed by atoms with van der Waals surface area (Å²) in [6, 6.07) is 2.28. The van der Waals surface area contributed by atoms with E-state index in [-0.39, 0.29) is 36.1 Å². The van der Waals surface area contributed by atoms with Gasteiger partial charge in [-0.25, -0.2) is 0 Å². The monoisotopic (exact) mass is 388 g/mol.